The topological polar surface area (TPSA) is 21.6 Å². The van der Waals surface area contributed by atoms with Gasteiger partial charge >= 0.3 is 0 Å². The Labute approximate surface area is 62.3 Å². The highest BCUT2D eigenvalue weighted by Crippen LogP contribution is 2.20. The Morgan fingerprint density at radius 1 is 1.50 bits per heavy atom. The molecule has 0 aromatic carbocycles. The summed E-state index contributed by atoms with van der Waals surface area (Å²) in [5.41, 5.74) is 1.24. The van der Waals surface area contributed by atoms with Gasteiger partial charge in [-0.05, 0) is 25.2 Å². The Kier molecular flexibility index (Phi) is 2.72. The van der Waals surface area contributed by atoms with Crippen LogP contribution in [0.5, 0.6) is 0 Å². The van der Waals surface area contributed by atoms with Crippen LogP contribution in [0.15, 0.2) is 5.16 Å². The Morgan fingerprint density at radius 2 is 2.30 bits per heavy atom. The Balaban J connectivity index is 2.47. The number of rotatable bonds is 1. The third-order valence-corrected chi connectivity index (χ3v) is 2.10. The summed E-state index contributed by atoms with van der Waals surface area (Å²) in [4.78, 5) is 4.74. The quantitative estimate of drug-likeness (QED) is 0.513. The molecule has 0 radical (unpaired) electrons. The van der Waals surface area contributed by atoms with Crippen LogP contribution in [0.3, 0.4) is 0 Å². The summed E-state index contributed by atoms with van der Waals surface area (Å²) in [6.45, 7) is 2.22. The van der Waals surface area contributed by atoms with Gasteiger partial charge in [0, 0.05) is 0 Å². The zero-order valence-electron chi connectivity index (χ0n) is 6.76. The van der Waals surface area contributed by atoms with Crippen molar-refractivity contribution in [1.82, 2.24) is 0 Å². The highest BCUT2D eigenvalue weighted by atomic mass is 16.6. The fraction of sp³-hybridized carbons (Fsp3) is 0.875. The number of nitrogens with zero attached hydrogens (tertiary/aromatic N) is 1. The van der Waals surface area contributed by atoms with E-state index >= 15 is 0 Å². The van der Waals surface area contributed by atoms with Crippen molar-refractivity contribution in [3.8, 4) is 0 Å². The molecule has 0 amide bonds. The summed E-state index contributed by atoms with van der Waals surface area (Å²) in [7, 11) is 1.62. The van der Waals surface area contributed by atoms with Crippen LogP contribution in [0, 0.1) is 5.92 Å². The van der Waals surface area contributed by atoms with Gasteiger partial charge in [0.05, 0.1) is 5.71 Å². The molecule has 10 heavy (non-hydrogen) atoms. The van der Waals surface area contributed by atoms with E-state index in [1.54, 1.807) is 7.11 Å². The van der Waals surface area contributed by atoms with E-state index < -0.39 is 0 Å². The van der Waals surface area contributed by atoms with Gasteiger partial charge in [-0.25, -0.2) is 0 Å². The van der Waals surface area contributed by atoms with E-state index in [0.717, 1.165) is 6.42 Å². The lowest BCUT2D eigenvalue weighted by Crippen LogP contribution is -2.16. The number of oxime groups is 1. The van der Waals surface area contributed by atoms with Crippen LogP contribution in [-0.2, 0) is 4.84 Å². The molecule has 0 bridgehead atoms. The summed E-state index contributed by atoms with van der Waals surface area (Å²) < 4.78 is 0. The largest absolute Gasteiger partial charge is 0.399 e. The number of hydrogen-bond acceptors (Lipinski definition) is 2. The molecule has 2 heteroatoms. The van der Waals surface area contributed by atoms with E-state index in [0.29, 0.717) is 5.92 Å². The van der Waals surface area contributed by atoms with E-state index in [1.807, 2.05) is 0 Å². The van der Waals surface area contributed by atoms with Gasteiger partial charge in [0.15, 0.2) is 0 Å². The second-order valence-corrected chi connectivity index (χ2v) is 2.91. The Morgan fingerprint density at radius 3 is 2.90 bits per heavy atom. The first-order valence-corrected chi connectivity index (χ1v) is 3.94. The van der Waals surface area contributed by atoms with E-state index in [9.17, 15) is 0 Å². The summed E-state index contributed by atoms with van der Waals surface area (Å²) in [5, 5.41) is 3.98. The predicted octanol–water partition coefficient (Wildman–Crippen LogP) is 2.20. The van der Waals surface area contributed by atoms with Crippen molar-refractivity contribution in [2.75, 3.05) is 7.11 Å². The van der Waals surface area contributed by atoms with Crippen LogP contribution in [-0.4, -0.2) is 12.8 Å². The van der Waals surface area contributed by atoms with Gasteiger partial charge in [0.25, 0.3) is 0 Å². The van der Waals surface area contributed by atoms with Crippen molar-refractivity contribution >= 4 is 5.71 Å². The minimum atomic E-state index is 0.647. The maximum absolute atomic E-state index is 4.74. The van der Waals surface area contributed by atoms with Crippen LogP contribution in [0.1, 0.15) is 32.6 Å². The second-order valence-electron chi connectivity index (χ2n) is 2.91. The summed E-state index contributed by atoms with van der Waals surface area (Å²) >= 11 is 0. The SMILES string of the molecule is CO/N=C1\CCCCC1C. The highest BCUT2D eigenvalue weighted by Gasteiger charge is 2.15. The first kappa shape index (κ1) is 7.58. The van der Waals surface area contributed by atoms with Crippen LogP contribution in [0.25, 0.3) is 0 Å². The summed E-state index contributed by atoms with van der Waals surface area (Å²) in [6, 6.07) is 0. The minimum Gasteiger partial charge on any atom is -0.399 e. The number of hydrogen-bond donors (Lipinski definition) is 0. The molecule has 0 aromatic heterocycles. The normalized spacial score (nSPS) is 30.6. The standard InChI is InChI=1S/C8H15NO/c1-7-5-3-4-6-8(7)9-10-2/h7H,3-6H2,1-2H3/b9-8+. The molecule has 58 valence electrons. The fourth-order valence-corrected chi connectivity index (χ4v) is 1.42. The van der Waals surface area contributed by atoms with Gasteiger partial charge in [0.1, 0.15) is 7.11 Å². The lowest BCUT2D eigenvalue weighted by atomic mass is 9.89. The van der Waals surface area contributed by atoms with Gasteiger partial charge in [-0.3, -0.25) is 0 Å². The van der Waals surface area contributed by atoms with E-state index in [2.05, 4.69) is 12.1 Å². The molecule has 0 spiro atoms. The minimum absolute atomic E-state index is 0.647. The molecule has 0 N–H and O–H groups in total. The highest BCUT2D eigenvalue weighted by molar-refractivity contribution is 5.86. The van der Waals surface area contributed by atoms with Gasteiger partial charge in [0.2, 0.25) is 0 Å². The lowest BCUT2D eigenvalue weighted by molar-refractivity contribution is 0.209. The average Bonchev–Trinajstić information content (AvgIpc) is 1.94. The monoisotopic (exact) mass is 141 g/mol. The summed E-state index contributed by atoms with van der Waals surface area (Å²) in [5.74, 6) is 0.647. The molecule has 1 rings (SSSR count). The average molecular weight is 141 g/mol. The predicted molar refractivity (Wildman–Crippen MR) is 42.1 cm³/mol. The maximum Gasteiger partial charge on any atom is 0.106 e. The molecular formula is C8H15NO. The van der Waals surface area contributed by atoms with Crippen molar-refractivity contribution in [3.63, 3.8) is 0 Å². The fourth-order valence-electron chi connectivity index (χ4n) is 1.42. The molecular weight excluding hydrogens is 126 g/mol. The Hall–Kier alpha value is -0.530. The molecule has 1 aliphatic carbocycles. The van der Waals surface area contributed by atoms with E-state index in [4.69, 9.17) is 4.84 Å². The van der Waals surface area contributed by atoms with Crippen LogP contribution in [0.2, 0.25) is 0 Å². The zero-order valence-corrected chi connectivity index (χ0v) is 6.76. The second kappa shape index (κ2) is 3.59. The van der Waals surface area contributed by atoms with E-state index in [-0.39, 0.29) is 0 Å². The van der Waals surface area contributed by atoms with Gasteiger partial charge in [-0.2, -0.15) is 0 Å². The molecule has 0 aromatic rings. The van der Waals surface area contributed by atoms with Crippen LogP contribution in [0.4, 0.5) is 0 Å². The molecule has 2 nitrogen and oxygen atoms in total. The molecule has 1 atom stereocenters. The zero-order chi connectivity index (χ0) is 7.40. The molecule has 0 aliphatic heterocycles. The van der Waals surface area contributed by atoms with Crippen molar-refractivity contribution in [2.45, 2.75) is 32.6 Å². The molecule has 0 saturated heterocycles. The van der Waals surface area contributed by atoms with Crippen molar-refractivity contribution < 1.29 is 4.84 Å². The molecule has 1 aliphatic rings. The molecule has 1 unspecified atom stereocenters. The van der Waals surface area contributed by atoms with Crippen molar-refractivity contribution in [3.05, 3.63) is 0 Å². The van der Waals surface area contributed by atoms with Gasteiger partial charge in [-0.1, -0.05) is 18.5 Å². The maximum atomic E-state index is 4.74. The van der Waals surface area contributed by atoms with Crippen molar-refractivity contribution in [1.29, 1.82) is 0 Å². The Bertz CT molecular complexity index is 131. The van der Waals surface area contributed by atoms with Crippen LogP contribution >= 0.6 is 0 Å². The van der Waals surface area contributed by atoms with Gasteiger partial charge in [-0.15, -0.1) is 0 Å². The first-order chi connectivity index (χ1) is 4.84. The molecule has 1 fully saturated rings. The third-order valence-electron chi connectivity index (χ3n) is 2.10. The third kappa shape index (κ3) is 1.72. The van der Waals surface area contributed by atoms with Crippen LogP contribution < -0.4 is 0 Å². The summed E-state index contributed by atoms with van der Waals surface area (Å²) in [6.07, 6.45) is 5.05. The van der Waals surface area contributed by atoms with Crippen molar-refractivity contribution in [2.24, 2.45) is 11.1 Å². The lowest BCUT2D eigenvalue weighted by Gasteiger charge is -2.18. The first-order valence-electron chi connectivity index (χ1n) is 3.94. The van der Waals surface area contributed by atoms with E-state index in [1.165, 1.54) is 25.0 Å². The molecule has 0 heterocycles. The molecule has 1 saturated carbocycles. The smallest absolute Gasteiger partial charge is 0.106 e. The van der Waals surface area contributed by atoms with Gasteiger partial charge < -0.3 is 4.84 Å².